The van der Waals surface area contributed by atoms with Gasteiger partial charge in [-0.2, -0.15) is 0 Å². The summed E-state index contributed by atoms with van der Waals surface area (Å²) in [6, 6.07) is 11.4. The van der Waals surface area contributed by atoms with Crippen LogP contribution in [0.1, 0.15) is 102 Å². The largest absolute Gasteiger partial charge is 0.319 e. The van der Waals surface area contributed by atoms with Crippen molar-refractivity contribution in [1.29, 1.82) is 0 Å². The molecule has 0 spiro atoms. The summed E-state index contributed by atoms with van der Waals surface area (Å²) in [4.78, 5) is 0. The van der Waals surface area contributed by atoms with Crippen LogP contribution in [0.4, 0.5) is 0 Å². The Morgan fingerprint density at radius 2 is 1.21 bits per heavy atom. The monoisotopic (exact) mass is 386 g/mol. The summed E-state index contributed by atoms with van der Waals surface area (Å²) < 4.78 is 1.01. The van der Waals surface area contributed by atoms with E-state index in [2.05, 4.69) is 64.0 Å². The highest BCUT2D eigenvalue weighted by molar-refractivity contribution is 5.13. The van der Waals surface area contributed by atoms with E-state index in [0.717, 1.165) is 11.0 Å². The summed E-state index contributed by atoms with van der Waals surface area (Å²) in [5.41, 5.74) is 1.42. The molecule has 1 aromatic carbocycles. The van der Waals surface area contributed by atoms with Gasteiger partial charge in [0.2, 0.25) is 0 Å². The van der Waals surface area contributed by atoms with Gasteiger partial charge in [-0.15, -0.1) is 0 Å². The topological polar surface area (TPSA) is 0 Å². The van der Waals surface area contributed by atoms with E-state index in [0.29, 0.717) is 6.04 Å². The second-order valence-electron chi connectivity index (χ2n) is 9.26. The van der Waals surface area contributed by atoms with Crippen molar-refractivity contribution in [1.82, 2.24) is 0 Å². The summed E-state index contributed by atoms with van der Waals surface area (Å²) >= 11 is 0. The van der Waals surface area contributed by atoms with Crippen LogP contribution in [-0.2, 0) is 6.54 Å². The highest BCUT2D eigenvalue weighted by Crippen LogP contribution is 2.20. The van der Waals surface area contributed by atoms with E-state index in [-0.39, 0.29) is 0 Å². The summed E-state index contributed by atoms with van der Waals surface area (Å²) in [6.45, 7) is 7.51. The molecule has 1 aromatic rings. The van der Waals surface area contributed by atoms with E-state index in [4.69, 9.17) is 0 Å². The molecule has 0 radical (unpaired) electrons. The van der Waals surface area contributed by atoms with Crippen LogP contribution in [0, 0.1) is 0 Å². The van der Waals surface area contributed by atoms with Crippen LogP contribution in [0.2, 0.25) is 0 Å². The van der Waals surface area contributed by atoms with Crippen molar-refractivity contribution in [2.45, 2.75) is 109 Å². The van der Waals surface area contributed by atoms with Crippen LogP contribution in [0.15, 0.2) is 43.0 Å². The van der Waals surface area contributed by atoms with Gasteiger partial charge in [-0.25, -0.2) is 0 Å². The standard InChI is InChI=1S/C27H48N/c1-5-7-8-9-10-11-12-13-14-15-16-17-21-24-27(6-2)28(3,4)25-26-22-19-18-20-23-26/h6,18-20,22-23,27H,2,5,7-17,21,24-25H2,1,3-4H3/q+1. The van der Waals surface area contributed by atoms with Crippen molar-refractivity contribution >= 4 is 0 Å². The summed E-state index contributed by atoms with van der Waals surface area (Å²) in [5.74, 6) is 0. The van der Waals surface area contributed by atoms with Gasteiger partial charge in [0, 0.05) is 12.0 Å². The molecule has 0 aliphatic rings. The van der Waals surface area contributed by atoms with Crippen LogP contribution in [0.5, 0.6) is 0 Å². The first kappa shape index (κ1) is 25.0. The number of nitrogens with zero attached hydrogens (tertiary/aromatic N) is 1. The Morgan fingerprint density at radius 3 is 1.68 bits per heavy atom. The van der Waals surface area contributed by atoms with Crippen LogP contribution >= 0.6 is 0 Å². The molecule has 0 bridgehead atoms. The molecule has 0 fully saturated rings. The second kappa shape index (κ2) is 15.8. The lowest BCUT2D eigenvalue weighted by atomic mass is 10.0. The molecular weight excluding hydrogens is 338 g/mol. The average Bonchev–Trinajstić information content (AvgIpc) is 2.68. The first-order valence-electron chi connectivity index (χ1n) is 12.1. The third-order valence-corrected chi connectivity index (χ3v) is 6.21. The fourth-order valence-electron chi connectivity index (χ4n) is 4.30. The molecule has 0 saturated heterocycles. The fourth-order valence-corrected chi connectivity index (χ4v) is 4.30. The number of unbranched alkanes of at least 4 members (excludes halogenated alkanes) is 12. The molecule has 160 valence electrons. The van der Waals surface area contributed by atoms with Gasteiger partial charge in [0.1, 0.15) is 12.6 Å². The van der Waals surface area contributed by atoms with Gasteiger partial charge >= 0.3 is 0 Å². The smallest absolute Gasteiger partial charge is 0.107 e. The van der Waals surface area contributed by atoms with Gasteiger partial charge in [-0.05, 0) is 12.5 Å². The average molecular weight is 387 g/mol. The molecule has 1 unspecified atom stereocenters. The van der Waals surface area contributed by atoms with Crippen molar-refractivity contribution < 1.29 is 4.48 Å². The van der Waals surface area contributed by atoms with Gasteiger partial charge in [0.25, 0.3) is 0 Å². The Hall–Kier alpha value is -1.08. The molecule has 0 heterocycles. The Labute approximate surface area is 176 Å². The first-order chi connectivity index (χ1) is 13.6. The minimum atomic E-state index is 0.549. The number of likely N-dealkylation sites (N-methyl/N-ethyl adjacent to an activating group) is 1. The predicted octanol–water partition coefficient (Wildman–Crippen LogP) is 8.30. The zero-order valence-electron chi connectivity index (χ0n) is 19.3. The second-order valence-corrected chi connectivity index (χ2v) is 9.26. The Bertz CT molecular complexity index is 476. The normalized spacial score (nSPS) is 12.8. The molecular formula is C27H48N+. The maximum Gasteiger partial charge on any atom is 0.107 e. The third-order valence-electron chi connectivity index (χ3n) is 6.21. The molecule has 1 nitrogen and oxygen atoms in total. The Balaban J connectivity index is 2.05. The highest BCUT2D eigenvalue weighted by Gasteiger charge is 2.25. The van der Waals surface area contributed by atoms with Gasteiger partial charge in [0.05, 0.1) is 14.1 Å². The van der Waals surface area contributed by atoms with Crippen LogP contribution in [0.25, 0.3) is 0 Å². The molecule has 28 heavy (non-hydrogen) atoms. The van der Waals surface area contributed by atoms with E-state index in [1.165, 1.54) is 95.5 Å². The van der Waals surface area contributed by atoms with Crippen LogP contribution in [-0.4, -0.2) is 24.6 Å². The maximum absolute atomic E-state index is 4.13. The van der Waals surface area contributed by atoms with E-state index < -0.39 is 0 Å². The summed E-state index contributed by atoms with van der Waals surface area (Å²) in [6.07, 6.45) is 22.0. The predicted molar refractivity (Wildman–Crippen MR) is 127 cm³/mol. The zero-order valence-corrected chi connectivity index (χ0v) is 19.3. The highest BCUT2D eigenvalue weighted by atomic mass is 15.3. The fraction of sp³-hybridized carbons (Fsp3) is 0.704. The van der Waals surface area contributed by atoms with Crippen LogP contribution in [0.3, 0.4) is 0 Å². The molecule has 1 heteroatoms. The molecule has 0 aromatic heterocycles. The van der Waals surface area contributed by atoms with E-state index in [1.54, 1.807) is 0 Å². The number of hydrogen-bond donors (Lipinski definition) is 0. The van der Waals surface area contributed by atoms with Gasteiger partial charge in [-0.3, -0.25) is 0 Å². The minimum Gasteiger partial charge on any atom is -0.319 e. The number of hydrogen-bond acceptors (Lipinski definition) is 0. The van der Waals surface area contributed by atoms with Crippen LogP contribution < -0.4 is 0 Å². The van der Waals surface area contributed by atoms with Crippen molar-refractivity contribution in [2.24, 2.45) is 0 Å². The molecule has 0 aliphatic carbocycles. The number of rotatable bonds is 18. The number of quaternary nitrogens is 1. The van der Waals surface area contributed by atoms with Gasteiger partial charge < -0.3 is 4.48 Å². The summed E-state index contributed by atoms with van der Waals surface area (Å²) in [7, 11) is 4.70. The molecule has 0 saturated carbocycles. The van der Waals surface area contributed by atoms with E-state index in [9.17, 15) is 0 Å². The van der Waals surface area contributed by atoms with E-state index in [1.807, 2.05) is 0 Å². The van der Waals surface area contributed by atoms with Crippen molar-refractivity contribution in [3.05, 3.63) is 48.6 Å². The SMILES string of the molecule is C=CC(CCCCCCCCCCCCCCC)[N+](C)(C)Cc1ccccc1. The quantitative estimate of drug-likeness (QED) is 0.135. The molecule has 0 N–H and O–H groups in total. The lowest BCUT2D eigenvalue weighted by Crippen LogP contribution is -2.47. The van der Waals surface area contributed by atoms with Crippen molar-refractivity contribution in [2.75, 3.05) is 14.1 Å². The Kier molecular flexibility index (Phi) is 14.1. The molecule has 0 aliphatic heterocycles. The lowest BCUT2D eigenvalue weighted by molar-refractivity contribution is -0.921. The first-order valence-corrected chi connectivity index (χ1v) is 12.1. The lowest BCUT2D eigenvalue weighted by Gasteiger charge is -2.37. The maximum atomic E-state index is 4.13. The number of benzene rings is 1. The molecule has 1 rings (SSSR count). The third kappa shape index (κ3) is 11.7. The van der Waals surface area contributed by atoms with Crippen molar-refractivity contribution in [3.63, 3.8) is 0 Å². The van der Waals surface area contributed by atoms with E-state index >= 15 is 0 Å². The zero-order chi connectivity index (χ0) is 20.5. The summed E-state index contributed by atoms with van der Waals surface area (Å²) in [5, 5.41) is 0. The van der Waals surface area contributed by atoms with Crippen molar-refractivity contribution in [3.8, 4) is 0 Å². The van der Waals surface area contributed by atoms with Gasteiger partial charge in [0.15, 0.2) is 0 Å². The molecule has 1 atom stereocenters. The van der Waals surface area contributed by atoms with Gasteiger partial charge in [-0.1, -0.05) is 121 Å². The minimum absolute atomic E-state index is 0.549. The molecule has 0 amide bonds. The Morgan fingerprint density at radius 1 is 0.750 bits per heavy atom.